The highest BCUT2D eigenvalue weighted by Gasteiger charge is 2.30. The number of pyridine rings is 1. The Morgan fingerprint density at radius 3 is 2.72 bits per heavy atom. The van der Waals surface area contributed by atoms with Crippen molar-refractivity contribution in [2.45, 2.75) is 6.92 Å². The molecule has 0 amide bonds. The molecule has 4 rings (SSSR count). The summed E-state index contributed by atoms with van der Waals surface area (Å²) in [5.74, 6) is 0.679. The van der Waals surface area contributed by atoms with Crippen molar-refractivity contribution in [1.29, 1.82) is 0 Å². The molecule has 0 N–H and O–H groups in total. The Morgan fingerprint density at radius 1 is 1.10 bits per heavy atom. The van der Waals surface area contributed by atoms with Crippen molar-refractivity contribution in [2.75, 3.05) is 7.11 Å². The van der Waals surface area contributed by atoms with Gasteiger partial charge in [-0.2, -0.15) is 0 Å². The molecule has 6 nitrogen and oxygen atoms in total. The summed E-state index contributed by atoms with van der Waals surface area (Å²) < 4.78 is 16.4. The number of fused-ring (bicyclic) bond motifs is 1. The van der Waals surface area contributed by atoms with Crippen molar-refractivity contribution in [1.82, 2.24) is 4.98 Å². The number of allylic oxidation sites excluding steroid dienone is 1. The van der Waals surface area contributed by atoms with Gasteiger partial charge in [-0.1, -0.05) is 12.1 Å². The number of aromatic nitrogens is 1. The van der Waals surface area contributed by atoms with Gasteiger partial charge in [0.25, 0.3) is 0 Å². The zero-order valence-electron chi connectivity index (χ0n) is 15.8. The molecule has 6 heteroatoms. The van der Waals surface area contributed by atoms with Gasteiger partial charge in [0.1, 0.15) is 17.2 Å². The van der Waals surface area contributed by atoms with Gasteiger partial charge >= 0.3 is 5.97 Å². The quantitative estimate of drug-likeness (QED) is 0.379. The number of ether oxygens (including phenoxy) is 3. The molecule has 2 aromatic carbocycles. The van der Waals surface area contributed by atoms with Crippen molar-refractivity contribution in [3.8, 4) is 17.2 Å². The molecule has 0 atom stereocenters. The molecular formula is C23H17NO5. The number of nitrogens with zero attached hydrogens (tertiary/aromatic N) is 1. The first kappa shape index (κ1) is 18.4. The maximum absolute atomic E-state index is 12.6. The van der Waals surface area contributed by atoms with Crippen LogP contribution in [0.15, 0.2) is 66.6 Å². The van der Waals surface area contributed by atoms with E-state index in [4.69, 9.17) is 14.2 Å². The summed E-state index contributed by atoms with van der Waals surface area (Å²) in [4.78, 5) is 29.3. The Kier molecular flexibility index (Phi) is 4.83. The molecule has 144 valence electrons. The van der Waals surface area contributed by atoms with E-state index < -0.39 is 5.97 Å². The molecule has 3 aromatic rings. The van der Waals surface area contributed by atoms with Gasteiger partial charge in [-0.3, -0.25) is 9.78 Å². The number of Topliss-reactive ketones (excluding diaryl/α,β-unsaturated/α-hetero) is 1. The van der Waals surface area contributed by atoms with Crippen LogP contribution in [0.25, 0.3) is 6.08 Å². The van der Waals surface area contributed by atoms with E-state index in [2.05, 4.69) is 4.98 Å². The van der Waals surface area contributed by atoms with Gasteiger partial charge < -0.3 is 14.2 Å². The molecule has 1 aliphatic heterocycles. The second kappa shape index (κ2) is 7.59. The lowest BCUT2D eigenvalue weighted by atomic mass is 10.1. The van der Waals surface area contributed by atoms with Crippen LogP contribution in [0.1, 0.15) is 32.0 Å². The van der Waals surface area contributed by atoms with Crippen LogP contribution in [-0.2, 0) is 0 Å². The third kappa shape index (κ3) is 3.60. The summed E-state index contributed by atoms with van der Waals surface area (Å²) >= 11 is 0. The van der Waals surface area contributed by atoms with Crippen LogP contribution in [0.3, 0.4) is 0 Å². The zero-order valence-corrected chi connectivity index (χ0v) is 15.8. The SMILES string of the molecule is COc1cccc(C(=O)Oc2ccc3c(c2C)O/C(=C\c2ccccn2)C3=O)c1. The molecule has 0 bridgehead atoms. The minimum atomic E-state index is -0.527. The number of esters is 1. The van der Waals surface area contributed by atoms with E-state index in [1.54, 1.807) is 67.7 Å². The topological polar surface area (TPSA) is 74.7 Å². The number of carbonyl (C=O) groups is 2. The lowest BCUT2D eigenvalue weighted by Gasteiger charge is -2.10. The molecule has 0 saturated carbocycles. The van der Waals surface area contributed by atoms with Gasteiger partial charge in [0.2, 0.25) is 5.78 Å². The maximum Gasteiger partial charge on any atom is 0.343 e. The van der Waals surface area contributed by atoms with Crippen LogP contribution < -0.4 is 14.2 Å². The Hall–Kier alpha value is -3.93. The average molecular weight is 387 g/mol. The molecule has 1 aliphatic rings. The smallest absolute Gasteiger partial charge is 0.343 e. The summed E-state index contributed by atoms with van der Waals surface area (Å²) in [5, 5.41) is 0. The van der Waals surface area contributed by atoms with Gasteiger partial charge in [0.15, 0.2) is 5.76 Å². The zero-order chi connectivity index (χ0) is 20.4. The number of hydrogen-bond donors (Lipinski definition) is 0. The number of methoxy groups -OCH3 is 1. The van der Waals surface area contributed by atoms with Crippen molar-refractivity contribution < 1.29 is 23.8 Å². The highest BCUT2D eigenvalue weighted by atomic mass is 16.5. The summed E-state index contributed by atoms with van der Waals surface area (Å²) in [6, 6.07) is 15.3. The minimum Gasteiger partial charge on any atom is -0.497 e. The van der Waals surface area contributed by atoms with E-state index in [1.807, 2.05) is 6.07 Å². The summed E-state index contributed by atoms with van der Waals surface area (Å²) in [6.07, 6.45) is 3.23. The van der Waals surface area contributed by atoms with Gasteiger partial charge in [-0.25, -0.2) is 4.79 Å². The molecule has 2 heterocycles. The summed E-state index contributed by atoms with van der Waals surface area (Å²) in [7, 11) is 1.53. The Labute approximate surface area is 167 Å². The van der Waals surface area contributed by atoms with Crippen molar-refractivity contribution in [2.24, 2.45) is 0 Å². The molecule has 29 heavy (non-hydrogen) atoms. The number of rotatable bonds is 4. The third-order valence-corrected chi connectivity index (χ3v) is 4.51. The number of ketones is 1. The first-order valence-electron chi connectivity index (χ1n) is 8.92. The fraction of sp³-hybridized carbons (Fsp3) is 0.0870. The van der Waals surface area contributed by atoms with E-state index in [0.29, 0.717) is 39.6 Å². The van der Waals surface area contributed by atoms with Crippen LogP contribution in [0.2, 0.25) is 0 Å². The van der Waals surface area contributed by atoms with Crippen molar-refractivity contribution in [3.05, 3.63) is 88.9 Å². The molecule has 0 unspecified atom stereocenters. The predicted molar refractivity (Wildman–Crippen MR) is 106 cm³/mol. The molecule has 0 fully saturated rings. The lowest BCUT2D eigenvalue weighted by molar-refractivity contribution is 0.0732. The largest absolute Gasteiger partial charge is 0.497 e. The standard InChI is InChI=1S/C23H17NO5/c1-14-19(29-23(26)15-6-5-8-17(12-15)27-2)10-9-18-21(25)20(28-22(14)18)13-16-7-3-4-11-24-16/h3-13H,1-2H3/b20-13-. The first-order valence-corrected chi connectivity index (χ1v) is 8.92. The van der Waals surface area contributed by atoms with Crippen LogP contribution in [0.5, 0.6) is 17.2 Å². The maximum atomic E-state index is 12.6. The van der Waals surface area contributed by atoms with Crippen molar-refractivity contribution >= 4 is 17.8 Å². The molecular weight excluding hydrogens is 370 g/mol. The van der Waals surface area contributed by atoms with Crippen LogP contribution in [0.4, 0.5) is 0 Å². The number of benzene rings is 2. The summed E-state index contributed by atoms with van der Waals surface area (Å²) in [6.45, 7) is 1.74. The second-order valence-electron chi connectivity index (χ2n) is 6.38. The Morgan fingerprint density at radius 2 is 1.97 bits per heavy atom. The van der Waals surface area contributed by atoms with Crippen LogP contribution >= 0.6 is 0 Å². The van der Waals surface area contributed by atoms with E-state index in [1.165, 1.54) is 7.11 Å². The van der Waals surface area contributed by atoms with Crippen LogP contribution in [0, 0.1) is 6.92 Å². The highest BCUT2D eigenvalue weighted by molar-refractivity contribution is 6.14. The second-order valence-corrected chi connectivity index (χ2v) is 6.38. The van der Waals surface area contributed by atoms with Crippen molar-refractivity contribution in [3.63, 3.8) is 0 Å². The Balaban J connectivity index is 1.60. The first-order chi connectivity index (χ1) is 14.1. The van der Waals surface area contributed by atoms with Gasteiger partial charge in [0, 0.05) is 17.8 Å². The van der Waals surface area contributed by atoms with E-state index >= 15 is 0 Å². The van der Waals surface area contributed by atoms with Gasteiger partial charge in [-0.15, -0.1) is 0 Å². The molecule has 0 spiro atoms. The molecule has 0 radical (unpaired) electrons. The lowest BCUT2D eigenvalue weighted by Crippen LogP contribution is -2.09. The normalized spacial score (nSPS) is 13.7. The minimum absolute atomic E-state index is 0.179. The fourth-order valence-electron chi connectivity index (χ4n) is 2.98. The molecule has 1 aromatic heterocycles. The molecule has 0 aliphatic carbocycles. The highest BCUT2D eigenvalue weighted by Crippen LogP contribution is 2.39. The van der Waals surface area contributed by atoms with E-state index in [0.717, 1.165) is 0 Å². The van der Waals surface area contributed by atoms with Gasteiger partial charge in [0.05, 0.1) is 23.9 Å². The Bertz CT molecular complexity index is 1140. The number of hydrogen-bond acceptors (Lipinski definition) is 6. The summed E-state index contributed by atoms with van der Waals surface area (Å²) in [5.41, 5.74) is 1.96. The van der Waals surface area contributed by atoms with E-state index in [-0.39, 0.29) is 11.5 Å². The average Bonchev–Trinajstić information content (AvgIpc) is 3.07. The van der Waals surface area contributed by atoms with Gasteiger partial charge in [-0.05, 0) is 49.4 Å². The predicted octanol–water partition coefficient (Wildman–Crippen LogP) is 4.23. The molecule has 0 saturated heterocycles. The fourth-order valence-corrected chi connectivity index (χ4v) is 2.98. The van der Waals surface area contributed by atoms with E-state index in [9.17, 15) is 9.59 Å². The number of carbonyl (C=O) groups excluding carboxylic acids is 2. The third-order valence-electron chi connectivity index (χ3n) is 4.51. The monoisotopic (exact) mass is 387 g/mol. The van der Waals surface area contributed by atoms with Crippen LogP contribution in [-0.4, -0.2) is 23.8 Å².